The summed E-state index contributed by atoms with van der Waals surface area (Å²) in [5, 5.41) is 14.3. The van der Waals surface area contributed by atoms with Gasteiger partial charge in [-0.25, -0.2) is 0 Å². The van der Waals surface area contributed by atoms with E-state index >= 15 is 0 Å². The highest BCUT2D eigenvalue weighted by molar-refractivity contribution is 7.17. The number of para-hydroxylation sites is 1. The van der Waals surface area contributed by atoms with E-state index < -0.39 is 0 Å². The van der Waals surface area contributed by atoms with E-state index in [4.69, 9.17) is 4.74 Å². The Labute approximate surface area is 191 Å². The van der Waals surface area contributed by atoms with Crippen LogP contribution in [0.15, 0.2) is 72.9 Å². The Morgan fingerprint density at radius 3 is 2.47 bits per heavy atom. The molecule has 0 atom stereocenters. The third-order valence-electron chi connectivity index (χ3n) is 5.66. The fourth-order valence-corrected chi connectivity index (χ4v) is 4.82. The van der Waals surface area contributed by atoms with Crippen molar-refractivity contribution in [2.45, 2.75) is 6.54 Å². The summed E-state index contributed by atoms with van der Waals surface area (Å²) < 4.78 is 7.41. The van der Waals surface area contributed by atoms with Crippen LogP contribution in [0, 0.1) is 0 Å². The number of benzene rings is 2. The molecular formula is C24H26N6OS. The number of ether oxygens (including phenoxy) is 1. The van der Waals surface area contributed by atoms with Crippen LogP contribution in [0.5, 0.6) is 5.75 Å². The van der Waals surface area contributed by atoms with Crippen LogP contribution in [-0.4, -0.2) is 48.1 Å². The third kappa shape index (κ3) is 4.40. The Balaban J connectivity index is 1.23. The summed E-state index contributed by atoms with van der Waals surface area (Å²) >= 11 is 1.64. The smallest absolute Gasteiger partial charge is 0.218 e. The minimum Gasteiger partial charge on any atom is -0.497 e. The van der Waals surface area contributed by atoms with Gasteiger partial charge in [0.25, 0.3) is 0 Å². The molecule has 4 aromatic rings. The SMILES string of the molecule is COc1cccc(NCc2cccn2-c2nnc(N3CCN(c4ccccc4)CC3)s2)c1. The average molecular weight is 447 g/mol. The largest absolute Gasteiger partial charge is 0.497 e. The predicted molar refractivity (Wildman–Crippen MR) is 130 cm³/mol. The van der Waals surface area contributed by atoms with Gasteiger partial charge >= 0.3 is 0 Å². The lowest BCUT2D eigenvalue weighted by molar-refractivity contribution is 0.415. The third-order valence-corrected chi connectivity index (χ3v) is 6.64. The van der Waals surface area contributed by atoms with Crippen molar-refractivity contribution < 1.29 is 4.74 Å². The van der Waals surface area contributed by atoms with Crippen molar-refractivity contribution in [3.8, 4) is 10.9 Å². The van der Waals surface area contributed by atoms with Crippen molar-refractivity contribution in [1.29, 1.82) is 0 Å². The summed E-state index contributed by atoms with van der Waals surface area (Å²) in [6.07, 6.45) is 2.04. The van der Waals surface area contributed by atoms with Gasteiger partial charge in [0.15, 0.2) is 0 Å². The number of hydrogen-bond acceptors (Lipinski definition) is 7. The lowest BCUT2D eigenvalue weighted by Gasteiger charge is -2.35. The van der Waals surface area contributed by atoms with E-state index in [0.29, 0.717) is 6.54 Å². The number of anilines is 3. The minimum absolute atomic E-state index is 0.685. The van der Waals surface area contributed by atoms with E-state index in [0.717, 1.165) is 53.6 Å². The maximum atomic E-state index is 5.31. The molecule has 1 saturated heterocycles. The van der Waals surface area contributed by atoms with Crippen LogP contribution >= 0.6 is 11.3 Å². The van der Waals surface area contributed by atoms with Crippen molar-refractivity contribution in [3.63, 3.8) is 0 Å². The van der Waals surface area contributed by atoms with Gasteiger partial charge in [-0.3, -0.25) is 4.57 Å². The summed E-state index contributed by atoms with van der Waals surface area (Å²) in [6.45, 7) is 4.54. The number of nitrogens with one attached hydrogen (secondary N) is 1. The van der Waals surface area contributed by atoms with Gasteiger partial charge < -0.3 is 19.9 Å². The predicted octanol–water partition coefficient (Wildman–Crippen LogP) is 4.28. The van der Waals surface area contributed by atoms with Gasteiger partial charge in [0.05, 0.1) is 13.7 Å². The molecule has 5 rings (SSSR count). The highest BCUT2D eigenvalue weighted by atomic mass is 32.1. The van der Waals surface area contributed by atoms with E-state index in [2.05, 4.69) is 66.3 Å². The Morgan fingerprint density at radius 1 is 0.875 bits per heavy atom. The molecule has 0 aliphatic carbocycles. The fraction of sp³-hybridized carbons (Fsp3) is 0.250. The second-order valence-electron chi connectivity index (χ2n) is 7.63. The van der Waals surface area contributed by atoms with Crippen LogP contribution in [0.25, 0.3) is 5.13 Å². The van der Waals surface area contributed by atoms with Crippen molar-refractivity contribution in [1.82, 2.24) is 14.8 Å². The summed E-state index contributed by atoms with van der Waals surface area (Å²) in [4.78, 5) is 4.75. The van der Waals surface area contributed by atoms with E-state index in [9.17, 15) is 0 Å². The van der Waals surface area contributed by atoms with Crippen molar-refractivity contribution in [2.75, 3.05) is 48.4 Å². The Bertz CT molecular complexity index is 1150. The molecule has 8 heteroatoms. The molecule has 32 heavy (non-hydrogen) atoms. The molecule has 1 N–H and O–H groups in total. The van der Waals surface area contributed by atoms with E-state index in [1.165, 1.54) is 5.69 Å². The highest BCUT2D eigenvalue weighted by Gasteiger charge is 2.21. The van der Waals surface area contributed by atoms with Gasteiger partial charge in [0, 0.05) is 55.5 Å². The lowest BCUT2D eigenvalue weighted by atomic mass is 10.2. The summed E-state index contributed by atoms with van der Waals surface area (Å²) in [5.74, 6) is 0.839. The standard InChI is InChI=1S/C24H26N6OS/c1-31-22-11-5-7-19(17-22)25-18-21-10-6-12-30(21)24-27-26-23(32-24)29-15-13-28(14-16-29)20-8-3-2-4-9-20/h2-12,17,25H,13-16,18H2,1H3. The molecule has 0 spiro atoms. The lowest BCUT2D eigenvalue weighted by Crippen LogP contribution is -2.46. The van der Waals surface area contributed by atoms with E-state index in [-0.39, 0.29) is 0 Å². The molecule has 2 aromatic carbocycles. The van der Waals surface area contributed by atoms with E-state index in [1.807, 2.05) is 36.5 Å². The molecule has 0 bridgehead atoms. The van der Waals surface area contributed by atoms with Gasteiger partial charge in [0.1, 0.15) is 5.75 Å². The molecule has 3 heterocycles. The number of methoxy groups -OCH3 is 1. The van der Waals surface area contributed by atoms with Crippen molar-refractivity contribution in [2.24, 2.45) is 0 Å². The van der Waals surface area contributed by atoms with Crippen LogP contribution in [0.1, 0.15) is 5.69 Å². The number of rotatable bonds is 7. The number of aromatic nitrogens is 3. The fourth-order valence-electron chi connectivity index (χ4n) is 3.90. The zero-order valence-corrected chi connectivity index (χ0v) is 18.8. The van der Waals surface area contributed by atoms with Crippen LogP contribution < -0.4 is 19.9 Å². The number of nitrogens with zero attached hydrogens (tertiary/aromatic N) is 5. The normalized spacial score (nSPS) is 13.9. The molecule has 7 nitrogen and oxygen atoms in total. The Kier molecular flexibility index (Phi) is 5.93. The van der Waals surface area contributed by atoms with Crippen LogP contribution in [-0.2, 0) is 6.54 Å². The highest BCUT2D eigenvalue weighted by Crippen LogP contribution is 2.27. The van der Waals surface area contributed by atoms with Crippen molar-refractivity contribution in [3.05, 3.63) is 78.6 Å². The van der Waals surface area contributed by atoms with Crippen LogP contribution in [0.3, 0.4) is 0 Å². The van der Waals surface area contributed by atoms with Crippen LogP contribution in [0.4, 0.5) is 16.5 Å². The molecule has 1 aliphatic rings. The van der Waals surface area contributed by atoms with E-state index in [1.54, 1.807) is 18.4 Å². The first kappa shape index (κ1) is 20.4. The minimum atomic E-state index is 0.685. The van der Waals surface area contributed by atoms with Crippen molar-refractivity contribution >= 4 is 27.8 Å². The average Bonchev–Trinajstić information content (AvgIpc) is 3.53. The first-order valence-corrected chi connectivity index (χ1v) is 11.5. The zero-order chi connectivity index (χ0) is 21.8. The first-order chi connectivity index (χ1) is 15.8. The van der Waals surface area contributed by atoms with Gasteiger partial charge in [-0.1, -0.05) is 35.6 Å². The molecular weight excluding hydrogens is 420 g/mol. The molecule has 164 valence electrons. The topological polar surface area (TPSA) is 58.5 Å². The maximum absolute atomic E-state index is 5.31. The zero-order valence-electron chi connectivity index (χ0n) is 18.0. The first-order valence-electron chi connectivity index (χ1n) is 10.7. The quantitative estimate of drug-likeness (QED) is 0.457. The summed E-state index contributed by atoms with van der Waals surface area (Å²) in [5.41, 5.74) is 3.43. The van der Waals surface area contributed by atoms with Gasteiger partial charge in [-0.2, -0.15) is 0 Å². The Hall–Kier alpha value is -3.52. The molecule has 0 unspecified atom stereocenters. The Morgan fingerprint density at radius 2 is 1.66 bits per heavy atom. The van der Waals surface area contributed by atoms with Gasteiger partial charge in [0.2, 0.25) is 10.3 Å². The maximum Gasteiger partial charge on any atom is 0.218 e. The molecule has 0 saturated carbocycles. The number of piperazine rings is 1. The summed E-state index contributed by atoms with van der Waals surface area (Å²) in [7, 11) is 1.68. The molecule has 0 amide bonds. The number of hydrogen-bond donors (Lipinski definition) is 1. The van der Waals surface area contributed by atoms with Gasteiger partial charge in [-0.05, 0) is 36.4 Å². The van der Waals surface area contributed by atoms with Crippen LogP contribution in [0.2, 0.25) is 0 Å². The molecule has 0 radical (unpaired) electrons. The monoisotopic (exact) mass is 446 g/mol. The van der Waals surface area contributed by atoms with Gasteiger partial charge in [-0.15, -0.1) is 10.2 Å². The second kappa shape index (κ2) is 9.32. The second-order valence-corrected chi connectivity index (χ2v) is 8.57. The molecule has 2 aromatic heterocycles. The summed E-state index contributed by atoms with van der Waals surface area (Å²) in [6, 6.07) is 22.7. The molecule has 1 fully saturated rings. The molecule has 1 aliphatic heterocycles.